The summed E-state index contributed by atoms with van der Waals surface area (Å²) in [5.41, 5.74) is 2.42. The van der Waals surface area contributed by atoms with Gasteiger partial charge in [-0.1, -0.05) is 6.07 Å². The summed E-state index contributed by atoms with van der Waals surface area (Å²) >= 11 is 1.70. The molecule has 2 aliphatic rings. The Morgan fingerprint density at radius 2 is 1.83 bits per heavy atom. The molecule has 4 rings (SSSR count). The molecule has 1 aliphatic heterocycles. The number of phenolic OH excluding ortho intramolecular Hbond substituents is 1. The lowest BCUT2D eigenvalue weighted by atomic mass is 9.99. The first-order valence-corrected chi connectivity index (χ1v) is 9.47. The van der Waals surface area contributed by atoms with Crippen LogP contribution in [0.15, 0.2) is 30.3 Å². The molecule has 0 radical (unpaired) electrons. The number of aryl methyl sites for hydroxylation is 2. The lowest BCUT2D eigenvalue weighted by Crippen LogP contribution is -2.48. The zero-order chi connectivity index (χ0) is 16.5. The molecule has 4 nitrogen and oxygen atoms in total. The number of anilines is 1. The molecular formula is C19H22N2O2S. The fourth-order valence-electron chi connectivity index (χ4n) is 3.61. The summed E-state index contributed by atoms with van der Waals surface area (Å²) in [5, 5.41) is 9.62. The van der Waals surface area contributed by atoms with Crippen LogP contribution in [0.1, 0.15) is 33.0 Å². The van der Waals surface area contributed by atoms with Crippen molar-refractivity contribution < 1.29 is 9.90 Å². The average Bonchev–Trinajstić information content (AvgIpc) is 3.05. The van der Waals surface area contributed by atoms with E-state index in [0.29, 0.717) is 0 Å². The topological polar surface area (TPSA) is 43.8 Å². The van der Waals surface area contributed by atoms with Gasteiger partial charge in [-0.2, -0.15) is 0 Å². The number of carbonyl (C=O) groups is 1. The van der Waals surface area contributed by atoms with Crippen molar-refractivity contribution in [2.75, 3.05) is 31.1 Å². The Morgan fingerprint density at radius 3 is 2.58 bits per heavy atom. The second kappa shape index (κ2) is 6.48. The molecule has 0 unspecified atom stereocenters. The summed E-state index contributed by atoms with van der Waals surface area (Å²) in [7, 11) is 0. The van der Waals surface area contributed by atoms with Gasteiger partial charge in [-0.05, 0) is 49.4 Å². The predicted octanol–water partition coefficient (Wildman–Crippen LogP) is 3.29. The SMILES string of the molecule is O=C(c1cc2c(s1)CCCC2)N1CCN(c2cccc(O)c2)CC1. The number of nitrogens with zero attached hydrogens (tertiary/aromatic N) is 2. The third-order valence-corrected chi connectivity index (χ3v) is 6.19. The molecule has 1 aromatic carbocycles. The minimum atomic E-state index is 0.185. The number of amides is 1. The van der Waals surface area contributed by atoms with E-state index in [2.05, 4.69) is 11.0 Å². The van der Waals surface area contributed by atoms with Crippen molar-refractivity contribution in [1.29, 1.82) is 0 Å². The largest absolute Gasteiger partial charge is 0.508 e. The third kappa shape index (κ3) is 3.00. The van der Waals surface area contributed by atoms with E-state index in [1.807, 2.05) is 17.0 Å². The number of phenols is 1. The number of carbonyl (C=O) groups excluding carboxylic acids is 1. The molecule has 24 heavy (non-hydrogen) atoms. The molecule has 5 heteroatoms. The number of aromatic hydroxyl groups is 1. The molecule has 126 valence electrons. The number of thiophene rings is 1. The summed E-state index contributed by atoms with van der Waals surface area (Å²) in [6.45, 7) is 3.08. The molecule has 1 aromatic heterocycles. The van der Waals surface area contributed by atoms with Gasteiger partial charge in [-0.3, -0.25) is 4.79 Å². The Labute approximate surface area is 146 Å². The van der Waals surface area contributed by atoms with Crippen molar-refractivity contribution in [3.05, 3.63) is 45.6 Å². The van der Waals surface area contributed by atoms with E-state index in [4.69, 9.17) is 0 Å². The highest BCUT2D eigenvalue weighted by Crippen LogP contribution is 2.30. The lowest BCUT2D eigenvalue weighted by molar-refractivity contribution is 0.0751. The van der Waals surface area contributed by atoms with E-state index in [0.717, 1.165) is 49.6 Å². The quantitative estimate of drug-likeness (QED) is 0.911. The van der Waals surface area contributed by atoms with E-state index >= 15 is 0 Å². The Balaban J connectivity index is 1.42. The first kappa shape index (κ1) is 15.5. The number of benzene rings is 1. The van der Waals surface area contributed by atoms with E-state index < -0.39 is 0 Å². The van der Waals surface area contributed by atoms with Crippen LogP contribution < -0.4 is 4.90 Å². The van der Waals surface area contributed by atoms with Gasteiger partial charge in [0.25, 0.3) is 5.91 Å². The highest BCUT2D eigenvalue weighted by molar-refractivity contribution is 7.14. The van der Waals surface area contributed by atoms with Crippen molar-refractivity contribution in [3.63, 3.8) is 0 Å². The Kier molecular flexibility index (Phi) is 4.19. The zero-order valence-corrected chi connectivity index (χ0v) is 14.5. The summed E-state index contributed by atoms with van der Waals surface area (Å²) in [5.74, 6) is 0.472. The molecule has 0 atom stereocenters. The minimum Gasteiger partial charge on any atom is -0.508 e. The molecule has 1 amide bonds. The van der Waals surface area contributed by atoms with E-state index in [1.54, 1.807) is 23.5 Å². The van der Waals surface area contributed by atoms with E-state index in [-0.39, 0.29) is 11.7 Å². The monoisotopic (exact) mass is 342 g/mol. The second-order valence-corrected chi connectivity index (χ2v) is 7.70. The predicted molar refractivity (Wildman–Crippen MR) is 97.2 cm³/mol. The van der Waals surface area contributed by atoms with Crippen LogP contribution in [0.2, 0.25) is 0 Å². The fraction of sp³-hybridized carbons (Fsp3) is 0.421. The van der Waals surface area contributed by atoms with Crippen LogP contribution in [-0.4, -0.2) is 42.1 Å². The van der Waals surface area contributed by atoms with Gasteiger partial charge in [-0.25, -0.2) is 0 Å². The van der Waals surface area contributed by atoms with Crippen molar-refractivity contribution in [2.45, 2.75) is 25.7 Å². The number of hydrogen-bond donors (Lipinski definition) is 1. The molecule has 0 saturated carbocycles. The Morgan fingerprint density at radius 1 is 1.04 bits per heavy atom. The molecule has 2 aromatic rings. The van der Waals surface area contributed by atoms with Crippen LogP contribution >= 0.6 is 11.3 Å². The normalized spacial score (nSPS) is 17.7. The minimum absolute atomic E-state index is 0.185. The van der Waals surface area contributed by atoms with Crippen molar-refractivity contribution in [3.8, 4) is 5.75 Å². The highest BCUT2D eigenvalue weighted by atomic mass is 32.1. The third-order valence-electron chi connectivity index (χ3n) is 4.97. The molecule has 2 heterocycles. The molecule has 1 fully saturated rings. The van der Waals surface area contributed by atoms with Gasteiger partial charge in [0.05, 0.1) is 4.88 Å². The molecule has 1 N–H and O–H groups in total. The average molecular weight is 342 g/mol. The lowest BCUT2D eigenvalue weighted by Gasteiger charge is -2.36. The van der Waals surface area contributed by atoms with Crippen LogP contribution in [0.4, 0.5) is 5.69 Å². The van der Waals surface area contributed by atoms with Crippen LogP contribution in [0.25, 0.3) is 0 Å². The van der Waals surface area contributed by atoms with Gasteiger partial charge in [0.1, 0.15) is 5.75 Å². The maximum absolute atomic E-state index is 12.8. The highest BCUT2D eigenvalue weighted by Gasteiger charge is 2.25. The van der Waals surface area contributed by atoms with Crippen LogP contribution in [0, 0.1) is 0 Å². The number of hydrogen-bond acceptors (Lipinski definition) is 4. The first-order valence-electron chi connectivity index (χ1n) is 8.65. The number of fused-ring (bicyclic) bond motifs is 1. The van der Waals surface area contributed by atoms with Crippen molar-refractivity contribution in [1.82, 2.24) is 4.90 Å². The molecule has 0 bridgehead atoms. The summed E-state index contributed by atoms with van der Waals surface area (Å²) < 4.78 is 0. The van der Waals surface area contributed by atoms with E-state index in [9.17, 15) is 9.90 Å². The maximum Gasteiger partial charge on any atom is 0.264 e. The van der Waals surface area contributed by atoms with Gasteiger partial charge in [0.2, 0.25) is 0 Å². The Hall–Kier alpha value is -2.01. The molecule has 1 aliphatic carbocycles. The van der Waals surface area contributed by atoms with Gasteiger partial charge in [0, 0.05) is 42.8 Å². The summed E-state index contributed by atoms with van der Waals surface area (Å²) in [6.07, 6.45) is 4.77. The second-order valence-electron chi connectivity index (χ2n) is 6.57. The maximum atomic E-state index is 12.8. The molecule has 0 spiro atoms. The van der Waals surface area contributed by atoms with Gasteiger partial charge in [-0.15, -0.1) is 11.3 Å². The number of piperazine rings is 1. The standard InChI is InChI=1S/C19H22N2O2S/c22-16-6-3-5-15(13-16)20-8-10-21(11-9-20)19(23)18-12-14-4-1-2-7-17(14)24-18/h3,5-6,12-13,22H,1-2,4,7-11H2. The van der Waals surface area contributed by atoms with Crippen LogP contribution in [0.3, 0.4) is 0 Å². The summed E-state index contributed by atoms with van der Waals surface area (Å²) in [6, 6.07) is 9.46. The van der Waals surface area contributed by atoms with E-state index in [1.165, 1.54) is 23.3 Å². The molecule has 1 saturated heterocycles. The van der Waals surface area contributed by atoms with Gasteiger partial charge >= 0.3 is 0 Å². The van der Waals surface area contributed by atoms with Gasteiger partial charge in [0.15, 0.2) is 0 Å². The fourth-order valence-corrected chi connectivity index (χ4v) is 4.83. The van der Waals surface area contributed by atoms with Crippen LogP contribution in [-0.2, 0) is 12.8 Å². The van der Waals surface area contributed by atoms with Crippen molar-refractivity contribution >= 4 is 22.9 Å². The summed E-state index contributed by atoms with van der Waals surface area (Å²) in [4.78, 5) is 19.3. The van der Waals surface area contributed by atoms with Crippen LogP contribution in [0.5, 0.6) is 5.75 Å². The van der Waals surface area contributed by atoms with Gasteiger partial charge < -0.3 is 14.9 Å². The number of rotatable bonds is 2. The first-order chi connectivity index (χ1) is 11.7. The smallest absolute Gasteiger partial charge is 0.264 e. The van der Waals surface area contributed by atoms with Crippen molar-refractivity contribution in [2.24, 2.45) is 0 Å². The molecular weight excluding hydrogens is 320 g/mol. The Bertz CT molecular complexity index is 724. The zero-order valence-electron chi connectivity index (χ0n) is 13.7.